The summed E-state index contributed by atoms with van der Waals surface area (Å²) >= 11 is 1.02. The summed E-state index contributed by atoms with van der Waals surface area (Å²) in [7, 11) is 0. The van der Waals surface area contributed by atoms with Gasteiger partial charge in [0.1, 0.15) is 0 Å². The fraction of sp³-hybridized carbons (Fsp3) is 0.412. The molecule has 2 aliphatic rings. The van der Waals surface area contributed by atoms with Crippen molar-refractivity contribution >= 4 is 34.7 Å². The second kappa shape index (κ2) is 6.76. The predicted molar refractivity (Wildman–Crippen MR) is 92.4 cm³/mol. The summed E-state index contributed by atoms with van der Waals surface area (Å²) in [6.45, 7) is 6.77. The van der Waals surface area contributed by atoms with Gasteiger partial charge in [0.15, 0.2) is 0 Å². The van der Waals surface area contributed by atoms with Crippen molar-refractivity contribution in [3.63, 3.8) is 0 Å². The quantitative estimate of drug-likeness (QED) is 0.797. The first kappa shape index (κ1) is 16.1. The van der Waals surface area contributed by atoms with Gasteiger partial charge in [0.05, 0.1) is 18.1 Å². The van der Waals surface area contributed by atoms with Crippen LogP contribution in [0.1, 0.15) is 19.4 Å². The maximum atomic E-state index is 12.4. The fourth-order valence-electron chi connectivity index (χ4n) is 2.77. The van der Waals surface area contributed by atoms with Gasteiger partial charge in [-0.1, -0.05) is 18.2 Å². The average molecular weight is 332 g/mol. The largest absolute Gasteiger partial charge is 0.378 e. The van der Waals surface area contributed by atoms with Crippen LogP contribution in [0.15, 0.2) is 29.2 Å². The number of para-hydroxylation sites is 1. The first-order chi connectivity index (χ1) is 11.1. The van der Waals surface area contributed by atoms with Gasteiger partial charge < -0.3 is 9.64 Å². The fourth-order valence-corrected chi connectivity index (χ4v) is 3.72. The summed E-state index contributed by atoms with van der Waals surface area (Å²) in [6, 6.07) is 7.84. The summed E-state index contributed by atoms with van der Waals surface area (Å²) < 4.78 is 5.40. The molecule has 0 radical (unpaired) electrons. The molecule has 0 bridgehead atoms. The highest BCUT2D eigenvalue weighted by Crippen LogP contribution is 2.35. The van der Waals surface area contributed by atoms with Crippen LogP contribution in [0.2, 0.25) is 0 Å². The maximum absolute atomic E-state index is 12.4. The molecule has 0 aromatic heterocycles. The Hall–Kier alpha value is -1.79. The Kier molecular flexibility index (Phi) is 4.73. The van der Waals surface area contributed by atoms with Crippen LogP contribution >= 0.6 is 11.8 Å². The molecule has 2 aliphatic heterocycles. The van der Waals surface area contributed by atoms with Crippen LogP contribution in [-0.4, -0.2) is 48.4 Å². The van der Waals surface area contributed by atoms with E-state index in [1.807, 2.05) is 44.2 Å². The first-order valence-corrected chi connectivity index (χ1v) is 8.58. The number of benzene rings is 1. The molecule has 3 rings (SSSR count). The number of amides is 2. The van der Waals surface area contributed by atoms with E-state index in [-0.39, 0.29) is 17.2 Å². The number of hydrogen-bond donors (Lipinski definition) is 0. The monoisotopic (exact) mass is 332 g/mol. The summed E-state index contributed by atoms with van der Waals surface area (Å²) in [5, 5.41) is -0.194. The van der Waals surface area contributed by atoms with Crippen LogP contribution in [0.5, 0.6) is 0 Å². The topological polar surface area (TPSA) is 49.9 Å². The van der Waals surface area contributed by atoms with Gasteiger partial charge in [-0.25, -0.2) is 0 Å². The molecular weight excluding hydrogens is 312 g/mol. The van der Waals surface area contributed by atoms with E-state index in [2.05, 4.69) is 4.90 Å². The van der Waals surface area contributed by atoms with Gasteiger partial charge in [-0.05, 0) is 43.3 Å². The number of carbonyl (C=O) groups is 2. The van der Waals surface area contributed by atoms with Crippen LogP contribution in [0.4, 0.5) is 10.5 Å². The third kappa shape index (κ3) is 3.28. The first-order valence-electron chi connectivity index (χ1n) is 7.76. The molecule has 23 heavy (non-hydrogen) atoms. The van der Waals surface area contributed by atoms with Gasteiger partial charge in [-0.3, -0.25) is 14.5 Å². The van der Waals surface area contributed by atoms with Crippen molar-refractivity contribution in [2.45, 2.75) is 19.9 Å². The van der Waals surface area contributed by atoms with Gasteiger partial charge in [-0.2, -0.15) is 0 Å². The Morgan fingerprint density at radius 1 is 1.17 bits per heavy atom. The molecule has 0 N–H and O–H groups in total. The van der Waals surface area contributed by atoms with Crippen LogP contribution in [-0.2, 0) is 9.53 Å². The maximum Gasteiger partial charge on any atom is 0.293 e. The number of imide groups is 1. The second-order valence-corrected chi connectivity index (χ2v) is 6.80. The molecule has 0 spiro atoms. The van der Waals surface area contributed by atoms with Gasteiger partial charge in [0, 0.05) is 24.8 Å². The number of anilines is 1. The Bertz CT molecular complexity index is 651. The van der Waals surface area contributed by atoms with E-state index < -0.39 is 0 Å². The normalized spacial score (nSPS) is 20.9. The zero-order valence-corrected chi connectivity index (χ0v) is 14.1. The van der Waals surface area contributed by atoms with Crippen molar-refractivity contribution < 1.29 is 14.3 Å². The van der Waals surface area contributed by atoms with Crippen molar-refractivity contribution in [2.24, 2.45) is 0 Å². The third-order valence-corrected chi connectivity index (χ3v) is 4.80. The van der Waals surface area contributed by atoms with E-state index >= 15 is 0 Å². The molecule has 0 atom stereocenters. The van der Waals surface area contributed by atoms with E-state index in [0.29, 0.717) is 18.1 Å². The van der Waals surface area contributed by atoms with Crippen molar-refractivity contribution in [3.05, 3.63) is 34.7 Å². The van der Waals surface area contributed by atoms with E-state index in [1.54, 1.807) is 0 Å². The van der Waals surface area contributed by atoms with Crippen LogP contribution in [0.25, 0.3) is 6.08 Å². The van der Waals surface area contributed by atoms with Crippen LogP contribution in [0.3, 0.4) is 0 Å². The minimum absolute atomic E-state index is 0.122. The number of ether oxygens (including phenoxy) is 1. The lowest BCUT2D eigenvalue weighted by molar-refractivity contribution is -0.123. The molecule has 2 heterocycles. The van der Waals surface area contributed by atoms with Gasteiger partial charge in [0.2, 0.25) is 0 Å². The van der Waals surface area contributed by atoms with E-state index in [0.717, 1.165) is 36.1 Å². The molecular formula is C17H20N2O3S. The predicted octanol–water partition coefficient (Wildman–Crippen LogP) is 2.97. The molecule has 122 valence electrons. The minimum Gasteiger partial charge on any atom is -0.378 e. The van der Waals surface area contributed by atoms with Crippen molar-refractivity contribution in [1.82, 2.24) is 4.90 Å². The van der Waals surface area contributed by atoms with Crippen LogP contribution < -0.4 is 4.90 Å². The number of thioether (sulfide) groups is 1. The summed E-state index contributed by atoms with van der Waals surface area (Å²) in [5.41, 5.74) is 2.04. The Balaban J connectivity index is 1.91. The molecule has 2 fully saturated rings. The highest BCUT2D eigenvalue weighted by atomic mass is 32.2. The molecule has 2 amide bonds. The summed E-state index contributed by atoms with van der Waals surface area (Å²) in [4.78, 5) is 28.5. The molecule has 0 saturated carbocycles. The summed E-state index contributed by atoms with van der Waals surface area (Å²) in [5.74, 6) is -0.202. The number of carbonyl (C=O) groups excluding carboxylic acids is 2. The molecule has 1 aromatic carbocycles. The van der Waals surface area contributed by atoms with E-state index in [1.165, 1.54) is 4.90 Å². The van der Waals surface area contributed by atoms with Crippen molar-refractivity contribution in [1.29, 1.82) is 0 Å². The number of hydrogen-bond acceptors (Lipinski definition) is 5. The van der Waals surface area contributed by atoms with Gasteiger partial charge in [0.25, 0.3) is 11.1 Å². The molecule has 6 heteroatoms. The van der Waals surface area contributed by atoms with Crippen molar-refractivity contribution in [3.8, 4) is 0 Å². The highest BCUT2D eigenvalue weighted by Gasteiger charge is 2.36. The molecule has 1 aromatic rings. The molecule has 0 unspecified atom stereocenters. The van der Waals surface area contributed by atoms with Gasteiger partial charge >= 0.3 is 0 Å². The number of rotatable bonds is 3. The smallest absolute Gasteiger partial charge is 0.293 e. The van der Waals surface area contributed by atoms with Crippen LogP contribution in [0, 0.1) is 0 Å². The molecule has 5 nitrogen and oxygen atoms in total. The Labute approximate surface area is 140 Å². The number of nitrogens with zero attached hydrogens (tertiary/aromatic N) is 2. The Morgan fingerprint density at radius 3 is 2.52 bits per heavy atom. The average Bonchev–Trinajstić information content (AvgIpc) is 2.83. The molecule has 2 saturated heterocycles. The highest BCUT2D eigenvalue weighted by molar-refractivity contribution is 8.18. The third-order valence-electron chi connectivity index (χ3n) is 3.92. The lowest BCUT2D eigenvalue weighted by atomic mass is 10.1. The molecule has 0 aliphatic carbocycles. The van der Waals surface area contributed by atoms with E-state index in [9.17, 15) is 9.59 Å². The zero-order valence-electron chi connectivity index (χ0n) is 13.3. The standard InChI is InChI=1S/C17H20N2O3S/c1-12(2)19-16(20)15(23-17(19)21)11-13-5-3-4-6-14(13)18-7-9-22-10-8-18/h3-6,11-12H,7-10H2,1-2H3/b15-11-. The number of morpholine rings is 1. The SMILES string of the molecule is CC(C)N1C(=O)S/C(=C\c2ccccc2N2CCOCC2)C1=O. The lowest BCUT2D eigenvalue weighted by Gasteiger charge is -2.30. The lowest BCUT2D eigenvalue weighted by Crippen LogP contribution is -2.36. The Morgan fingerprint density at radius 2 is 1.87 bits per heavy atom. The van der Waals surface area contributed by atoms with E-state index in [4.69, 9.17) is 4.74 Å². The minimum atomic E-state index is -0.202. The van der Waals surface area contributed by atoms with Crippen molar-refractivity contribution in [2.75, 3.05) is 31.2 Å². The zero-order chi connectivity index (χ0) is 16.4. The van der Waals surface area contributed by atoms with Gasteiger partial charge in [-0.15, -0.1) is 0 Å². The summed E-state index contributed by atoms with van der Waals surface area (Å²) in [6.07, 6.45) is 1.83. The second-order valence-electron chi connectivity index (χ2n) is 5.80.